The van der Waals surface area contributed by atoms with Gasteiger partial charge in [-0.1, -0.05) is 11.6 Å². The number of ether oxygens (including phenoxy) is 1. The van der Waals surface area contributed by atoms with Crippen molar-refractivity contribution >= 4 is 17.3 Å². The van der Waals surface area contributed by atoms with Gasteiger partial charge in [0.2, 0.25) is 0 Å². The zero-order valence-electron chi connectivity index (χ0n) is 13.3. The quantitative estimate of drug-likeness (QED) is 0.851. The topological polar surface area (TPSA) is 60.2 Å². The number of pyridine rings is 1. The molecule has 0 bridgehead atoms. The Morgan fingerprint density at radius 3 is 3.21 bits per heavy atom. The average molecular weight is 347 g/mol. The summed E-state index contributed by atoms with van der Waals surface area (Å²) < 4.78 is 6.99. The maximum absolute atomic E-state index is 12.4. The maximum atomic E-state index is 12.4. The Bertz CT molecular complexity index is 807. The number of hydrogen-bond acceptors (Lipinski definition) is 5. The van der Waals surface area contributed by atoms with Crippen molar-refractivity contribution in [2.45, 2.75) is 38.5 Å². The van der Waals surface area contributed by atoms with Gasteiger partial charge in [0.25, 0.3) is 5.56 Å². The van der Waals surface area contributed by atoms with Crippen LogP contribution in [0.4, 0.5) is 5.69 Å². The first-order chi connectivity index (χ1) is 11.7. The lowest BCUT2D eigenvalue weighted by atomic mass is 10.1. The minimum Gasteiger partial charge on any atom is -0.376 e. The molecule has 7 heteroatoms. The fourth-order valence-corrected chi connectivity index (χ4v) is 3.75. The Morgan fingerprint density at radius 1 is 1.42 bits per heavy atom. The van der Waals surface area contributed by atoms with Crippen molar-refractivity contribution in [3.63, 3.8) is 0 Å². The third-order valence-corrected chi connectivity index (χ3v) is 5.02. The molecule has 0 spiro atoms. The lowest BCUT2D eigenvalue weighted by Gasteiger charge is -2.28. The molecule has 2 aliphatic heterocycles. The molecular formula is C17H19ClN4O2. The maximum Gasteiger partial charge on any atom is 0.267 e. The van der Waals surface area contributed by atoms with E-state index in [1.807, 2.05) is 6.07 Å². The van der Waals surface area contributed by atoms with Crippen LogP contribution in [-0.2, 0) is 24.3 Å². The first kappa shape index (κ1) is 15.6. The minimum atomic E-state index is -0.0630. The van der Waals surface area contributed by atoms with Crippen molar-refractivity contribution in [2.24, 2.45) is 0 Å². The number of fused-ring (bicyclic) bond motifs is 1. The van der Waals surface area contributed by atoms with Gasteiger partial charge in [-0.25, -0.2) is 4.68 Å². The molecule has 6 nitrogen and oxygen atoms in total. The summed E-state index contributed by atoms with van der Waals surface area (Å²) in [7, 11) is 0. The summed E-state index contributed by atoms with van der Waals surface area (Å²) in [4.78, 5) is 18.7. The number of halogens is 1. The molecule has 0 radical (unpaired) electrons. The summed E-state index contributed by atoms with van der Waals surface area (Å²) in [6, 6.07) is 3.81. The number of hydrogen-bond donors (Lipinski definition) is 0. The van der Waals surface area contributed by atoms with Crippen molar-refractivity contribution in [3.8, 4) is 0 Å². The van der Waals surface area contributed by atoms with E-state index in [0.29, 0.717) is 24.8 Å². The zero-order valence-corrected chi connectivity index (χ0v) is 14.1. The van der Waals surface area contributed by atoms with E-state index in [0.717, 1.165) is 42.8 Å². The summed E-state index contributed by atoms with van der Waals surface area (Å²) in [6.07, 6.45) is 6.28. The number of anilines is 1. The van der Waals surface area contributed by atoms with Gasteiger partial charge in [-0.05, 0) is 18.9 Å². The number of aromatic nitrogens is 3. The highest BCUT2D eigenvalue weighted by Gasteiger charge is 2.27. The van der Waals surface area contributed by atoms with Crippen LogP contribution in [0.3, 0.4) is 0 Å². The highest BCUT2D eigenvalue weighted by Crippen LogP contribution is 2.31. The standard InChI is InChI=1S/C17H19ClN4O2/c18-14-9-19-5-3-16(14)21-6-1-2-13(21)10-22-17(23)8-12-11-24-7-4-15(12)20-22/h3,5,8-9,13H,1-2,4,6-7,10-11H2. The van der Waals surface area contributed by atoms with Crippen LogP contribution in [0.15, 0.2) is 29.3 Å². The summed E-state index contributed by atoms with van der Waals surface area (Å²) in [5.41, 5.74) is 2.82. The molecule has 24 heavy (non-hydrogen) atoms. The smallest absolute Gasteiger partial charge is 0.267 e. The molecule has 2 aromatic heterocycles. The van der Waals surface area contributed by atoms with E-state index in [4.69, 9.17) is 16.3 Å². The lowest BCUT2D eigenvalue weighted by Crippen LogP contribution is -2.38. The van der Waals surface area contributed by atoms with Crippen LogP contribution in [0.5, 0.6) is 0 Å². The van der Waals surface area contributed by atoms with E-state index in [-0.39, 0.29) is 11.6 Å². The molecule has 1 unspecified atom stereocenters. The van der Waals surface area contributed by atoms with E-state index < -0.39 is 0 Å². The van der Waals surface area contributed by atoms with Crippen molar-refractivity contribution in [1.82, 2.24) is 14.8 Å². The van der Waals surface area contributed by atoms with E-state index in [9.17, 15) is 4.79 Å². The van der Waals surface area contributed by atoms with Gasteiger partial charge >= 0.3 is 0 Å². The summed E-state index contributed by atoms with van der Waals surface area (Å²) in [5, 5.41) is 5.22. The van der Waals surface area contributed by atoms with E-state index >= 15 is 0 Å². The Morgan fingerprint density at radius 2 is 2.33 bits per heavy atom. The van der Waals surface area contributed by atoms with E-state index in [1.165, 1.54) is 0 Å². The highest BCUT2D eigenvalue weighted by atomic mass is 35.5. The van der Waals surface area contributed by atoms with Gasteiger partial charge in [-0.2, -0.15) is 5.10 Å². The predicted molar refractivity (Wildman–Crippen MR) is 91.5 cm³/mol. The minimum absolute atomic E-state index is 0.0630. The van der Waals surface area contributed by atoms with Crippen molar-refractivity contribution in [2.75, 3.05) is 18.1 Å². The largest absolute Gasteiger partial charge is 0.376 e. The van der Waals surface area contributed by atoms with Gasteiger partial charge in [-0.3, -0.25) is 9.78 Å². The van der Waals surface area contributed by atoms with E-state index in [1.54, 1.807) is 23.1 Å². The molecule has 0 aromatic carbocycles. The van der Waals surface area contributed by atoms with Gasteiger partial charge in [0, 0.05) is 43.0 Å². The van der Waals surface area contributed by atoms with Crippen LogP contribution in [-0.4, -0.2) is 34.0 Å². The average Bonchev–Trinajstić information content (AvgIpc) is 3.04. The first-order valence-corrected chi connectivity index (χ1v) is 8.64. The van der Waals surface area contributed by atoms with Crippen molar-refractivity contribution in [1.29, 1.82) is 0 Å². The monoisotopic (exact) mass is 346 g/mol. The number of nitrogens with zero attached hydrogens (tertiary/aromatic N) is 4. The second kappa shape index (κ2) is 6.53. The fraction of sp³-hybridized carbons (Fsp3) is 0.471. The SMILES string of the molecule is O=c1cc2c(nn1CC1CCCN1c1ccncc1Cl)CCOC2. The molecule has 2 aliphatic rings. The van der Waals surface area contributed by atoms with Gasteiger partial charge in [0.1, 0.15) is 0 Å². The molecule has 0 amide bonds. The molecule has 0 aliphatic carbocycles. The zero-order chi connectivity index (χ0) is 16.5. The van der Waals surface area contributed by atoms with Crippen molar-refractivity contribution in [3.05, 3.63) is 51.2 Å². The second-order valence-corrected chi connectivity index (χ2v) is 6.66. The van der Waals surface area contributed by atoms with Crippen LogP contribution >= 0.6 is 11.6 Å². The first-order valence-electron chi connectivity index (χ1n) is 8.26. The Balaban J connectivity index is 1.61. The van der Waals surface area contributed by atoms with Crippen LogP contribution in [0, 0.1) is 0 Å². The Hall–Kier alpha value is -1.92. The summed E-state index contributed by atoms with van der Waals surface area (Å²) in [6.45, 7) is 2.66. The molecule has 4 rings (SSSR count). The molecule has 1 atom stereocenters. The molecule has 1 saturated heterocycles. The normalized spacial score (nSPS) is 20.2. The van der Waals surface area contributed by atoms with Crippen molar-refractivity contribution < 1.29 is 4.74 Å². The van der Waals surface area contributed by atoms with Gasteiger partial charge in [-0.15, -0.1) is 0 Å². The van der Waals surface area contributed by atoms with Crippen LogP contribution in [0.25, 0.3) is 0 Å². The fourth-order valence-electron chi connectivity index (χ4n) is 3.53. The molecule has 4 heterocycles. The Labute approximate surface area is 145 Å². The van der Waals surface area contributed by atoms with Crippen LogP contribution in [0.2, 0.25) is 5.02 Å². The molecule has 0 saturated carbocycles. The summed E-state index contributed by atoms with van der Waals surface area (Å²) in [5.74, 6) is 0. The predicted octanol–water partition coefficient (Wildman–Crippen LogP) is 2.03. The van der Waals surface area contributed by atoms with Crippen LogP contribution in [0.1, 0.15) is 24.1 Å². The second-order valence-electron chi connectivity index (χ2n) is 6.26. The lowest BCUT2D eigenvalue weighted by molar-refractivity contribution is 0.108. The van der Waals surface area contributed by atoms with Crippen LogP contribution < -0.4 is 10.5 Å². The molecule has 0 N–H and O–H groups in total. The molecule has 2 aromatic rings. The van der Waals surface area contributed by atoms with Gasteiger partial charge in [0.05, 0.1) is 36.2 Å². The highest BCUT2D eigenvalue weighted by molar-refractivity contribution is 6.33. The molecular weight excluding hydrogens is 328 g/mol. The molecule has 1 fully saturated rings. The van der Waals surface area contributed by atoms with Gasteiger partial charge < -0.3 is 9.64 Å². The van der Waals surface area contributed by atoms with E-state index in [2.05, 4.69) is 15.0 Å². The number of rotatable bonds is 3. The third kappa shape index (κ3) is 2.91. The van der Waals surface area contributed by atoms with Gasteiger partial charge in [0.15, 0.2) is 0 Å². The third-order valence-electron chi connectivity index (χ3n) is 4.73. The Kier molecular flexibility index (Phi) is 4.24. The molecule has 126 valence electrons. The summed E-state index contributed by atoms with van der Waals surface area (Å²) >= 11 is 6.30.